The number of aromatic nitrogens is 2. The van der Waals surface area contributed by atoms with Crippen LogP contribution in [0.4, 0.5) is 4.39 Å². The molecule has 5 nitrogen and oxygen atoms in total. The Morgan fingerprint density at radius 1 is 1.00 bits per heavy atom. The first kappa shape index (κ1) is 13.1. The highest BCUT2D eigenvalue weighted by Crippen LogP contribution is 2.27. The summed E-state index contributed by atoms with van der Waals surface area (Å²) in [5, 5.41) is 22.7. The number of aromatic hydroxyl groups is 2. The molecule has 0 aliphatic heterocycles. The summed E-state index contributed by atoms with van der Waals surface area (Å²) in [4.78, 5) is 4.19. The molecule has 0 bridgehead atoms. The van der Waals surface area contributed by atoms with E-state index < -0.39 is 0 Å². The van der Waals surface area contributed by atoms with Crippen LogP contribution in [0.3, 0.4) is 0 Å². The predicted octanol–water partition coefficient (Wildman–Crippen LogP) is 2.88. The SMILES string of the molecule is Oc1cc(O)cc(-c2nc(Cc3ccc(F)cc3)no2)c1. The number of hydrogen-bond donors (Lipinski definition) is 2. The van der Waals surface area contributed by atoms with Crippen LogP contribution in [0.1, 0.15) is 11.4 Å². The fourth-order valence-electron chi connectivity index (χ4n) is 1.95. The lowest BCUT2D eigenvalue weighted by atomic mass is 10.1. The monoisotopic (exact) mass is 286 g/mol. The van der Waals surface area contributed by atoms with Crippen molar-refractivity contribution in [2.45, 2.75) is 6.42 Å². The fourth-order valence-corrected chi connectivity index (χ4v) is 1.95. The van der Waals surface area contributed by atoms with Gasteiger partial charge in [-0.3, -0.25) is 0 Å². The van der Waals surface area contributed by atoms with Gasteiger partial charge in [-0.2, -0.15) is 4.98 Å². The van der Waals surface area contributed by atoms with E-state index in [0.717, 1.165) is 5.56 Å². The summed E-state index contributed by atoms with van der Waals surface area (Å²) in [5.41, 5.74) is 1.27. The predicted molar refractivity (Wildman–Crippen MR) is 72.3 cm³/mol. The normalized spacial score (nSPS) is 10.7. The minimum atomic E-state index is -0.303. The lowest BCUT2D eigenvalue weighted by Gasteiger charge is -1.98. The van der Waals surface area contributed by atoms with E-state index >= 15 is 0 Å². The molecule has 2 N–H and O–H groups in total. The molecule has 0 amide bonds. The number of nitrogens with zero attached hydrogens (tertiary/aromatic N) is 2. The Morgan fingerprint density at radius 3 is 2.33 bits per heavy atom. The second-order valence-electron chi connectivity index (χ2n) is 4.56. The molecular formula is C15H11FN2O3. The summed E-state index contributed by atoms with van der Waals surface area (Å²) in [6, 6.07) is 10.0. The molecule has 3 rings (SSSR count). The first-order chi connectivity index (χ1) is 10.1. The van der Waals surface area contributed by atoms with Crippen LogP contribution in [0.5, 0.6) is 11.5 Å². The summed E-state index contributed by atoms with van der Waals surface area (Å²) >= 11 is 0. The van der Waals surface area contributed by atoms with Crippen molar-refractivity contribution in [2.75, 3.05) is 0 Å². The number of hydrogen-bond acceptors (Lipinski definition) is 5. The van der Waals surface area contributed by atoms with Crippen LogP contribution in [0.15, 0.2) is 47.0 Å². The number of halogens is 1. The van der Waals surface area contributed by atoms with Crippen LogP contribution in [0, 0.1) is 5.82 Å². The molecule has 2 aromatic carbocycles. The summed E-state index contributed by atoms with van der Waals surface area (Å²) in [5.74, 6) is 0.132. The van der Waals surface area contributed by atoms with Crippen molar-refractivity contribution in [3.63, 3.8) is 0 Å². The Bertz CT molecular complexity index is 749. The smallest absolute Gasteiger partial charge is 0.258 e. The zero-order valence-electron chi connectivity index (χ0n) is 10.8. The van der Waals surface area contributed by atoms with Gasteiger partial charge in [0.2, 0.25) is 0 Å². The molecule has 3 aromatic rings. The topological polar surface area (TPSA) is 79.4 Å². The number of phenolic OH excluding ortho intramolecular Hbond substituents is 2. The molecule has 0 saturated heterocycles. The molecule has 6 heteroatoms. The lowest BCUT2D eigenvalue weighted by Crippen LogP contribution is -1.91. The Kier molecular flexibility index (Phi) is 3.27. The van der Waals surface area contributed by atoms with Gasteiger partial charge in [-0.25, -0.2) is 4.39 Å². The van der Waals surface area contributed by atoms with Crippen LogP contribution in [0.25, 0.3) is 11.5 Å². The molecule has 0 spiro atoms. The van der Waals surface area contributed by atoms with Gasteiger partial charge in [0.1, 0.15) is 17.3 Å². The van der Waals surface area contributed by atoms with E-state index in [0.29, 0.717) is 17.8 Å². The molecule has 0 aliphatic carbocycles. The van der Waals surface area contributed by atoms with E-state index in [4.69, 9.17) is 4.52 Å². The fraction of sp³-hybridized carbons (Fsp3) is 0.0667. The van der Waals surface area contributed by atoms with Gasteiger partial charge in [0.25, 0.3) is 5.89 Å². The average molecular weight is 286 g/mol. The summed E-state index contributed by atoms with van der Waals surface area (Å²) < 4.78 is 17.9. The lowest BCUT2D eigenvalue weighted by molar-refractivity contribution is 0.421. The van der Waals surface area contributed by atoms with Crippen LogP contribution in [0.2, 0.25) is 0 Å². The molecule has 0 aliphatic rings. The molecular weight excluding hydrogens is 275 g/mol. The highest BCUT2D eigenvalue weighted by Gasteiger charge is 2.11. The molecule has 106 valence electrons. The van der Waals surface area contributed by atoms with Crippen LogP contribution >= 0.6 is 0 Å². The van der Waals surface area contributed by atoms with Gasteiger partial charge in [0, 0.05) is 18.1 Å². The minimum Gasteiger partial charge on any atom is -0.508 e. The van der Waals surface area contributed by atoms with Crippen molar-refractivity contribution in [2.24, 2.45) is 0 Å². The third kappa shape index (κ3) is 3.00. The Morgan fingerprint density at radius 2 is 1.67 bits per heavy atom. The summed E-state index contributed by atoms with van der Waals surface area (Å²) in [6.45, 7) is 0. The van der Waals surface area contributed by atoms with Gasteiger partial charge in [0.15, 0.2) is 5.82 Å². The molecule has 1 heterocycles. The van der Waals surface area contributed by atoms with Crippen molar-refractivity contribution >= 4 is 0 Å². The molecule has 0 fully saturated rings. The average Bonchev–Trinajstić information content (AvgIpc) is 2.89. The van der Waals surface area contributed by atoms with E-state index in [2.05, 4.69) is 10.1 Å². The van der Waals surface area contributed by atoms with Crippen molar-refractivity contribution in [3.05, 3.63) is 59.7 Å². The quantitative estimate of drug-likeness (QED) is 0.774. The van der Waals surface area contributed by atoms with E-state index in [1.807, 2.05) is 0 Å². The number of benzene rings is 2. The van der Waals surface area contributed by atoms with Crippen LogP contribution in [-0.2, 0) is 6.42 Å². The van der Waals surface area contributed by atoms with E-state index in [9.17, 15) is 14.6 Å². The highest BCUT2D eigenvalue weighted by atomic mass is 19.1. The summed E-state index contributed by atoms with van der Waals surface area (Å²) in [7, 11) is 0. The summed E-state index contributed by atoms with van der Waals surface area (Å²) in [6.07, 6.45) is 0.397. The Labute approximate surface area is 119 Å². The second-order valence-corrected chi connectivity index (χ2v) is 4.56. The van der Waals surface area contributed by atoms with Gasteiger partial charge < -0.3 is 14.7 Å². The molecule has 0 unspecified atom stereocenters. The largest absolute Gasteiger partial charge is 0.508 e. The Balaban J connectivity index is 1.84. The van der Waals surface area contributed by atoms with Crippen molar-refractivity contribution in [1.82, 2.24) is 10.1 Å². The maximum Gasteiger partial charge on any atom is 0.258 e. The first-order valence-corrected chi connectivity index (χ1v) is 6.20. The molecule has 0 atom stereocenters. The third-order valence-corrected chi connectivity index (χ3v) is 2.89. The highest BCUT2D eigenvalue weighted by molar-refractivity contribution is 5.58. The maximum atomic E-state index is 12.8. The van der Waals surface area contributed by atoms with Crippen molar-refractivity contribution < 1.29 is 19.1 Å². The first-order valence-electron chi connectivity index (χ1n) is 6.20. The minimum absolute atomic E-state index is 0.0942. The molecule has 0 saturated carbocycles. The maximum absolute atomic E-state index is 12.8. The Hall–Kier alpha value is -2.89. The van der Waals surface area contributed by atoms with Gasteiger partial charge in [-0.05, 0) is 29.8 Å². The molecule has 0 radical (unpaired) electrons. The zero-order chi connectivity index (χ0) is 14.8. The van der Waals surface area contributed by atoms with Gasteiger partial charge >= 0.3 is 0 Å². The number of phenols is 2. The van der Waals surface area contributed by atoms with Gasteiger partial charge in [-0.15, -0.1) is 0 Å². The van der Waals surface area contributed by atoms with Gasteiger partial charge in [0.05, 0.1) is 0 Å². The van der Waals surface area contributed by atoms with E-state index in [1.54, 1.807) is 12.1 Å². The van der Waals surface area contributed by atoms with E-state index in [-0.39, 0.29) is 23.2 Å². The van der Waals surface area contributed by atoms with Crippen LogP contribution in [-0.4, -0.2) is 20.4 Å². The standard InChI is InChI=1S/C15H11FN2O3/c16-11-3-1-9(2-4-11)5-14-17-15(21-18-14)10-6-12(19)8-13(20)7-10/h1-4,6-8,19-20H,5H2. The van der Waals surface area contributed by atoms with Gasteiger partial charge in [-0.1, -0.05) is 17.3 Å². The zero-order valence-corrected chi connectivity index (χ0v) is 10.8. The van der Waals surface area contributed by atoms with Crippen LogP contribution < -0.4 is 0 Å². The third-order valence-electron chi connectivity index (χ3n) is 2.89. The number of rotatable bonds is 3. The van der Waals surface area contributed by atoms with E-state index in [1.165, 1.54) is 30.3 Å². The second kappa shape index (κ2) is 5.24. The van der Waals surface area contributed by atoms with Crippen molar-refractivity contribution in [3.8, 4) is 23.0 Å². The molecule has 1 aromatic heterocycles. The molecule has 21 heavy (non-hydrogen) atoms. The van der Waals surface area contributed by atoms with Crippen molar-refractivity contribution in [1.29, 1.82) is 0 Å².